The first kappa shape index (κ1) is 13.1. The lowest BCUT2D eigenvalue weighted by molar-refractivity contribution is 0.497. The topological polar surface area (TPSA) is 12.0 Å². The van der Waals surface area contributed by atoms with Gasteiger partial charge in [0, 0.05) is 0 Å². The molecular weight excluding hydrogens is 137 g/mol. The lowest BCUT2D eigenvalue weighted by Gasteiger charge is -2.08. The molecule has 0 aliphatic heterocycles. The van der Waals surface area contributed by atoms with Crippen molar-refractivity contribution in [3.63, 3.8) is 0 Å². The molecule has 0 spiro atoms. The van der Waals surface area contributed by atoms with Crippen LogP contribution in [0.5, 0.6) is 0 Å². The number of hydrogen-bond acceptors (Lipinski definition) is 1. The summed E-state index contributed by atoms with van der Waals surface area (Å²) in [4.78, 5) is 0. The van der Waals surface area contributed by atoms with Crippen molar-refractivity contribution in [2.45, 2.75) is 27.7 Å². The van der Waals surface area contributed by atoms with Crippen LogP contribution in [0.25, 0.3) is 0 Å². The zero-order chi connectivity index (χ0) is 7.28. The van der Waals surface area contributed by atoms with Crippen molar-refractivity contribution in [2.75, 3.05) is 13.1 Å². The number of nitrogens with one attached hydrogen (secondary N) is 1. The predicted octanol–water partition coefficient (Wildman–Crippen LogP) is 0.704. The Hall–Kier alpha value is 0.492. The molecule has 0 aromatic heterocycles. The summed E-state index contributed by atoms with van der Waals surface area (Å²) >= 11 is 0. The fourth-order valence-corrected chi connectivity index (χ4v) is 0.661. The molecule has 1 nitrogen and oxygen atoms in total. The van der Waals surface area contributed by atoms with Crippen molar-refractivity contribution in [1.82, 2.24) is 5.32 Å². The van der Waals surface area contributed by atoms with Gasteiger partial charge in [-0.25, -0.2) is 0 Å². The maximum Gasteiger partial charge on any atom is 0.187 e. The van der Waals surface area contributed by atoms with E-state index in [1.807, 2.05) is 0 Å². The molecule has 0 bridgehead atoms. The lowest BCUT2D eigenvalue weighted by atomic mass is 10.2. The van der Waals surface area contributed by atoms with Gasteiger partial charge < -0.3 is 5.32 Å². The molecule has 10 heavy (non-hydrogen) atoms. The van der Waals surface area contributed by atoms with Gasteiger partial charge in [-0.05, 0) is 24.9 Å². The monoisotopic (exact) mass is 159 g/mol. The van der Waals surface area contributed by atoms with Crippen LogP contribution in [0.3, 0.4) is 0 Å². The Morgan fingerprint density at radius 2 is 1.20 bits per heavy atom. The molecule has 0 heterocycles. The maximum atomic E-state index is 3.38. The summed E-state index contributed by atoms with van der Waals surface area (Å²) in [5.74, 6) is 1.56. The van der Waals surface area contributed by atoms with Crippen molar-refractivity contribution in [2.24, 2.45) is 11.8 Å². The van der Waals surface area contributed by atoms with E-state index in [4.69, 9.17) is 0 Å². The van der Waals surface area contributed by atoms with Crippen molar-refractivity contribution < 1.29 is 0 Å². The molecule has 0 saturated heterocycles. The SMILES string of the molecule is CC(C)CNCC(C)C.[AlH3]. The molecule has 0 radical (unpaired) electrons. The highest BCUT2D eigenvalue weighted by molar-refractivity contribution is 5.75. The molecule has 0 unspecified atom stereocenters. The van der Waals surface area contributed by atoms with Gasteiger partial charge in [-0.3, -0.25) is 0 Å². The average Bonchev–Trinajstić information content (AvgIpc) is 1.63. The van der Waals surface area contributed by atoms with Crippen molar-refractivity contribution in [3.8, 4) is 0 Å². The van der Waals surface area contributed by atoms with E-state index in [-0.39, 0.29) is 17.4 Å². The van der Waals surface area contributed by atoms with Gasteiger partial charge in [0.15, 0.2) is 17.4 Å². The van der Waals surface area contributed by atoms with Crippen LogP contribution < -0.4 is 5.32 Å². The summed E-state index contributed by atoms with van der Waals surface area (Å²) < 4.78 is 0. The van der Waals surface area contributed by atoms with Crippen molar-refractivity contribution in [3.05, 3.63) is 0 Å². The highest BCUT2D eigenvalue weighted by Crippen LogP contribution is 1.90. The highest BCUT2D eigenvalue weighted by Gasteiger charge is 1.93. The summed E-state index contributed by atoms with van der Waals surface area (Å²) in [5, 5.41) is 3.38. The zero-order valence-electron chi connectivity index (χ0n) is 7.07. The van der Waals surface area contributed by atoms with Gasteiger partial charge >= 0.3 is 0 Å². The molecule has 0 rings (SSSR count). The first-order valence-electron chi connectivity index (χ1n) is 3.83. The number of rotatable bonds is 4. The minimum atomic E-state index is 0. The largest absolute Gasteiger partial charge is 0.316 e. The molecule has 0 saturated carbocycles. The Morgan fingerprint density at radius 3 is 1.40 bits per heavy atom. The summed E-state index contributed by atoms with van der Waals surface area (Å²) in [5.41, 5.74) is 0. The van der Waals surface area contributed by atoms with Crippen LogP contribution in [0.1, 0.15) is 27.7 Å². The molecule has 0 amide bonds. The van der Waals surface area contributed by atoms with Crippen LogP contribution >= 0.6 is 0 Å². The predicted molar refractivity (Wildman–Crippen MR) is 52.5 cm³/mol. The van der Waals surface area contributed by atoms with E-state index >= 15 is 0 Å². The van der Waals surface area contributed by atoms with Gasteiger partial charge in [0.05, 0.1) is 0 Å². The van der Waals surface area contributed by atoms with Gasteiger partial charge in [0.2, 0.25) is 0 Å². The van der Waals surface area contributed by atoms with E-state index in [0.717, 1.165) is 24.9 Å². The van der Waals surface area contributed by atoms with E-state index in [2.05, 4.69) is 33.0 Å². The standard InChI is InChI=1S/C8H19N.Al.3H/c1-7(2)5-9-6-8(3)4;;;;/h7-9H,5-6H2,1-4H3;;;;. The summed E-state index contributed by atoms with van der Waals surface area (Å²) in [7, 11) is 0. The molecule has 1 N–H and O–H groups in total. The third kappa shape index (κ3) is 11.3. The summed E-state index contributed by atoms with van der Waals surface area (Å²) in [6, 6.07) is 0. The van der Waals surface area contributed by atoms with Gasteiger partial charge in [0.25, 0.3) is 0 Å². The fourth-order valence-electron chi connectivity index (χ4n) is 0.661. The average molecular weight is 159 g/mol. The fraction of sp³-hybridized carbons (Fsp3) is 1.00. The second-order valence-corrected chi connectivity index (χ2v) is 3.45. The second-order valence-electron chi connectivity index (χ2n) is 3.45. The molecule has 0 aromatic rings. The third-order valence-electron chi connectivity index (χ3n) is 1.11. The van der Waals surface area contributed by atoms with Crippen LogP contribution in [-0.4, -0.2) is 30.5 Å². The normalized spacial score (nSPS) is 10.2. The summed E-state index contributed by atoms with van der Waals surface area (Å²) in [6.07, 6.45) is 0. The van der Waals surface area contributed by atoms with Crippen LogP contribution in [0, 0.1) is 11.8 Å². The van der Waals surface area contributed by atoms with Gasteiger partial charge in [-0.2, -0.15) is 0 Å². The smallest absolute Gasteiger partial charge is 0.187 e. The minimum absolute atomic E-state index is 0. The molecule has 0 atom stereocenters. The first-order chi connectivity index (χ1) is 4.13. The van der Waals surface area contributed by atoms with Crippen LogP contribution in [0.15, 0.2) is 0 Å². The summed E-state index contributed by atoms with van der Waals surface area (Å²) in [6.45, 7) is 11.2. The van der Waals surface area contributed by atoms with Crippen molar-refractivity contribution >= 4 is 17.4 Å². The van der Waals surface area contributed by atoms with E-state index < -0.39 is 0 Å². The zero-order valence-corrected chi connectivity index (χ0v) is 7.07. The van der Waals surface area contributed by atoms with Crippen LogP contribution in [0.2, 0.25) is 0 Å². The Labute approximate surface area is 75.7 Å². The molecule has 0 fully saturated rings. The number of hydrogen-bond donors (Lipinski definition) is 1. The second kappa shape index (κ2) is 7.60. The maximum absolute atomic E-state index is 3.38. The third-order valence-corrected chi connectivity index (χ3v) is 1.11. The Morgan fingerprint density at radius 1 is 0.900 bits per heavy atom. The minimum Gasteiger partial charge on any atom is -0.316 e. The Kier molecular flexibility index (Phi) is 9.96. The van der Waals surface area contributed by atoms with Gasteiger partial charge in [-0.1, -0.05) is 27.7 Å². The van der Waals surface area contributed by atoms with Crippen LogP contribution in [0.4, 0.5) is 0 Å². The molecule has 2 heteroatoms. The molecule has 62 valence electrons. The van der Waals surface area contributed by atoms with E-state index in [1.54, 1.807) is 0 Å². The highest BCUT2D eigenvalue weighted by atomic mass is 27.0. The van der Waals surface area contributed by atoms with Crippen molar-refractivity contribution in [1.29, 1.82) is 0 Å². The quantitative estimate of drug-likeness (QED) is 0.596. The van der Waals surface area contributed by atoms with E-state index in [0.29, 0.717) is 0 Å². The van der Waals surface area contributed by atoms with E-state index in [9.17, 15) is 0 Å². The van der Waals surface area contributed by atoms with Gasteiger partial charge in [0.1, 0.15) is 0 Å². The first-order valence-corrected chi connectivity index (χ1v) is 3.83. The molecule has 0 aliphatic carbocycles. The molecule has 0 aliphatic rings. The molecule has 0 aromatic carbocycles. The van der Waals surface area contributed by atoms with Gasteiger partial charge in [-0.15, -0.1) is 0 Å². The Bertz CT molecular complexity index is 54.3. The molecular formula is C8H22AlN. The lowest BCUT2D eigenvalue weighted by Crippen LogP contribution is -2.23. The van der Waals surface area contributed by atoms with Crippen LogP contribution in [-0.2, 0) is 0 Å². The Balaban J connectivity index is 0. The van der Waals surface area contributed by atoms with E-state index in [1.165, 1.54) is 0 Å².